The Kier molecular flexibility index (Phi) is 5.86. The summed E-state index contributed by atoms with van der Waals surface area (Å²) in [6.45, 7) is 1.88. The SMILES string of the molecule is CCOC(=O)c1c(-c2ccccc2)csc1NC(=O)C=CC(=O)[O-]. The average Bonchev–Trinajstić information content (AvgIpc) is 2.97. The third-order valence-electron chi connectivity index (χ3n) is 2.96. The molecule has 0 atom stereocenters. The predicted molar refractivity (Wildman–Crippen MR) is 88.5 cm³/mol. The van der Waals surface area contributed by atoms with E-state index in [9.17, 15) is 19.5 Å². The Hall–Kier alpha value is -2.93. The molecule has 7 heteroatoms. The molecule has 0 aliphatic rings. The highest BCUT2D eigenvalue weighted by Gasteiger charge is 2.22. The second kappa shape index (κ2) is 8.07. The number of hydrogen-bond donors (Lipinski definition) is 1. The van der Waals surface area contributed by atoms with E-state index in [1.54, 1.807) is 12.3 Å². The van der Waals surface area contributed by atoms with Gasteiger partial charge in [0.05, 0.1) is 12.6 Å². The Labute approximate surface area is 142 Å². The van der Waals surface area contributed by atoms with Crippen LogP contribution in [0.1, 0.15) is 17.3 Å². The van der Waals surface area contributed by atoms with Crippen LogP contribution < -0.4 is 10.4 Å². The van der Waals surface area contributed by atoms with Crippen molar-refractivity contribution in [1.82, 2.24) is 0 Å². The fraction of sp³-hybridized carbons (Fsp3) is 0.118. The van der Waals surface area contributed by atoms with Gasteiger partial charge in [0.15, 0.2) is 0 Å². The van der Waals surface area contributed by atoms with Crippen molar-refractivity contribution in [2.45, 2.75) is 6.92 Å². The smallest absolute Gasteiger partial charge is 0.341 e. The van der Waals surface area contributed by atoms with Gasteiger partial charge in [-0.2, -0.15) is 0 Å². The van der Waals surface area contributed by atoms with E-state index in [0.717, 1.165) is 23.0 Å². The molecule has 0 saturated heterocycles. The first-order valence-corrected chi connectivity index (χ1v) is 7.95. The van der Waals surface area contributed by atoms with Crippen LogP contribution in [0.3, 0.4) is 0 Å². The van der Waals surface area contributed by atoms with Crippen molar-refractivity contribution in [1.29, 1.82) is 0 Å². The van der Waals surface area contributed by atoms with E-state index in [1.807, 2.05) is 30.3 Å². The second-order valence-corrected chi connectivity index (χ2v) is 5.46. The molecule has 6 nitrogen and oxygen atoms in total. The molecule has 0 aliphatic carbocycles. The zero-order valence-corrected chi connectivity index (χ0v) is 13.6. The maximum atomic E-state index is 12.3. The summed E-state index contributed by atoms with van der Waals surface area (Å²) in [4.78, 5) is 34.4. The third-order valence-corrected chi connectivity index (χ3v) is 3.86. The largest absolute Gasteiger partial charge is 0.545 e. The van der Waals surface area contributed by atoms with Crippen molar-refractivity contribution < 1.29 is 24.2 Å². The van der Waals surface area contributed by atoms with E-state index >= 15 is 0 Å². The summed E-state index contributed by atoms with van der Waals surface area (Å²) < 4.78 is 5.06. The van der Waals surface area contributed by atoms with Gasteiger partial charge in [-0.15, -0.1) is 11.3 Å². The molecule has 0 aliphatic heterocycles. The first kappa shape index (κ1) is 17.4. The number of anilines is 1. The summed E-state index contributed by atoms with van der Waals surface area (Å²) in [6, 6.07) is 9.21. The minimum Gasteiger partial charge on any atom is -0.545 e. The lowest BCUT2D eigenvalue weighted by Crippen LogP contribution is -2.20. The monoisotopic (exact) mass is 344 g/mol. The number of carbonyl (C=O) groups is 3. The van der Waals surface area contributed by atoms with Crippen molar-refractivity contribution in [3.63, 3.8) is 0 Å². The van der Waals surface area contributed by atoms with Gasteiger partial charge in [-0.05, 0) is 18.6 Å². The number of benzene rings is 1. The van der Waals surface area contributed by atoms with Gasteiger partial charge >= 0.3 is 5.97 Å². The fourth-order valence-corrected chi connectivity index (χ4v) is 2.94. The molecule has 1 aromatic carbocycles. The number of ether oxygens (including phenoxy) is 1. The van der Waals surface area contributed by atoms with Crippen LogP contribution in [0.5, 0.6) is 0 Å². The van der Waals surface area contributed by atoms with Gasteiger partial charge in [0, 0.05) is 17.0 Å². The van der Waals surface area contributed by atoms with Crippen molar-refractivity contribution in [3.8, 4) is 11.1 Å². The summed E-state index contributed by atoms with van der Waals surface area (Å²) in [5, 5.41) is 14.9. The van der Waals surface area contributed by atoms with Crippen molar-refractivity contribution in [2.24, 2.45) is 0 Å². The van der Waals surface area contributed by atoms with Crippen molar-refractivity contribution in [2.75, 3.05) is 11.9 Å². The lowest BCUT2D eigenvalue weighted by molar-refractivity contribution is -0.297. The number of hydrogen-bond acceptors (Lipinski definition) is 6. The molecular weight excluding hydrogens is 330 g/mol. The summed E-state index contributed by atoms with van der Waals surface area (Å²) in [7, 11) is 0. The standard InChI is InChI=1S/C17H15NO5S/c1-2-23-17(22)15-12(11-6-4-3-5-7-11)10-24-16(15)18-13(19)8-9-14(20)21/h3-10H,2H2,1H3,(H,18,19)(H,20,21)/p-1. The van der Waals surface area contributed by atoms with Gasteiger partial charge < -0.3 is 20.0 Å². The minimum absolute atomic E-state index is 0.195. The van der Waals surface area contributed by atoms with Crippen LogP contribution in [0, 0.1) is 0 Å². The molecule has 0 spiro atoms. The third kappa shape index (κ3) is 4.30. The van der Waals surface area contributed by atoms with E-state index in [0.29, 0.717) is 16.6 Å². The summed E-state index contributed by atoms with van der Waals surface area (Å²) in [5.74, 6) is -2.71. The van der Waals surface area contributed by atoms with Gasteiger partial charge in [0.1, 0.15) is 10.6 Å². The highest BCUT2D eigenvalue weighted by Crippen LogP contribution is 2.36. The van der Waals surface area contributed by atoms with Crippen molar-refractivity contribution >= 4 is 34.2 Å². The van der Waals surface area contributed by atoms with Crippen LogP contribution >= 0.6 is 11.3 Å². The number of nitrogens with one attached hydrogen (secondary N) is 1. The van der Waals surface area contributed by atoms with Gasteiger partial charge in [0.25, 0.3) is 0 Å². The summed E-state index contributed by atoms with van der Waals surface area (Å²) >= 11 is 1.16. The summed E-state index contributed by atoms with van der Waals surface area (Å²) in [6.07, 6.45) is 1.44. The quantitative estimate of drug-likeness (QED) is 0.637. The lowest BCUT2D eigenvalue weighted by atomic mass is 10.0. The Bertz CT molecular complexity index is 780. The number of carboxylic acid groups (broad SMARTS) is 1. The fourth-order valence-electron chi connectivity index (χ4n) is 1.98. The maximum absolute atomic E-state index is 12.3. The maximum Gasteiger partial charge on any atom is 0.341 e. The van der Waals surface area contributed by atoms with E-state index in [-0.39, 0.29) is 12.2 Å². The Morgan fingerprint density at radius 2 is 1.92 bits per heavy atom. The zero-order valence-electron chi connectivity index (χ0n) is 12.8. The van der Waals surface area contributed by atoms with Crippen molar-refractivity contribution in [3.05, 3.63) is 53.4 Å². The molecule has 1 N–H and O–H groups in total. The number of aliphatic carboxylic acids is 1. The number of carboxylic acids is 1. The topological polar surface area (TPSA) is 95.5 Å². The minimum atomic E-state index is -1.48. The molecule has 1 amide bonds. The van der Waals surface area contributed by atoms with Gasteiger partial charge in [-0.3, -0.25) is 4.79 Å². The Morgan fingerprint density at radius 1 is 1.21 bits per heavy atom. The molecule has 2 rings (SSSR count). The number of rotatable bonds is 6. The zero-order chi connectivity index (χ0) is 17.5. The molecule has 0 radical (unpaired) electrons. The highest BCUT2D eigenvalue weighted by molar-refractivity contribution is 7.15. The van der Waals surface area contributed by atoms with E-state index in [4.69, 9.17) is 4.74 Å². The normalized spacial score (nSPS) is 10.5. The molecule has 24 heavy (non-hydrogen) atoms. The van der Waals surface area contributed by atoms with Crippen LogP contribution in [-0.2, 0) is 14.3 Å². The molecule has 0 fully saturated rings. The Morgan fingerprint density at radius 3 is 2.54 bits per heavy atom. The number of amides is 1. The van der Waals surface area contributed by atoms with Crippen LogP contribution in [-0.4, -0.2) is 24.5 Å². The molecule has 0 bridgehead atoms. The van der Waals surface area contributed by atoms with Crippen LogP contribution in [0.2, 0.25) is 0 Å². The average molecular weight is 344 g/mol. The van der Waals surface area contributed by atoms with E-state index in [2.05, 4.69) is 5.32 Å². The molecule has 0 saturated carbocycles. The first-order valence-electron chi connectivity index (χ1n) is 7.07. The van der Waals surface area contributed by atoms with Crippen LogP contribution in [0.4, 0.5) is 5.00 Å². The van der Waals surface area contributed by atoms with Gasteiger partial charge in [-0.25, -0.2) is 4.79 Å². The first-order chi connectivity index (χ1) is 11.5. The second-order valence-electron chi connectivity index (χ2n) is 4.58. The van der Waals surface area contributed by atoms with E-state index in [1.165, 1.54) is 0 Å². The molecule has 2 aromatic rings. The lowest BCUT2D eigenvalue weighted by Gasteiger charge is -2.07. The number of esters is 1. The molecule has 0 unspecified atom stereocenters. The van der Waals surface area contributed by atoms with Gasteiger partial charge in [0.2, 0.25) is 5.91 Å². The van der Waals surface area contributed by atoms with Crippen LogP contribution in [0.15, 0.2) is 47.9 Å². The van der Waals surface area contributed by atoms with Crippen LogP contribution in [0.25, 0.3) is 11.1 Å². The summed E-state index contributed by atoms with van der Waals surface area (Å²) in [5.41, 5.74) is 1.68. The van der Waals surface area contributed by atoms with E-state index < -0.39 is 17.8 Å². The molecule has 1 heterocycles. The molecule has 124 valence electrons. The molecular formula is C17H14NO5S-. The number of thiophene rings is 1. The number of carbonyl (C=O) groups excluding carboxylic acids is 3. The highest BCUT2D eigenvalue weighted by atomic mass is 32.1. The molecule has 1 aromatic heterocycles. The predicted octanol–water partition coefficient (Wildman–Crippen LogP) is 1.84. The Balaban J connectivity index is 2.38. The van der Waals surface area contributed by atoms with Gasteiger partial charge in [-0.1, -0.05) is 30.3 Å².